The maximum absolute atomic E-state index is 4.81. The van der Waals surface area contributed by atoms with E-state index in [1.165, 1.54) is 55.8 Å². The average molecular weight is 976 g/mol. The third-order valence-corrected chi connectivity index (χ3v) is 19.3. The first-order valence-electron chi connectivity index (χ1n) is 22.2. The molecule has 0 bridgehead atoms. The molecule has 59 heavy (non-hydrogen) atoms. The van der Waals surface area contributed by atoms with Gasteiger partial charge in [0, 0.05) is 22.3 Å². The van der Waals surface area contributed by atoms with Crippen LogP contribution >= 0.6 is 34.9 Å². The molecule has 0 aliphatic rings. The molecular formula is C50H80Cl2N4P2Pd+4. The van der Waals surface area contributed by atoms with Crippen molar-refractivity contribution >= 4 is 56.1 Å². The zero-order chi connectivity index (χ0) is 43.7. The molecule has 0 aliphatic heterocycles. The van der Waals surface area contributed by atoms with E-state index in [0.29, 0.717) is 0 Å². The Labute approximate surface area is 381 Å². The van der Waals surface area contributed by atoms with E-state index in [1.54, 1.807) is 0 Å². The fraction of sp³-hybridized carbons (Fsp3) is 0.520. The van der Waals surface area contributed by atoms with Crippen LogP contribution in [0.5, 0.6) is 0 Å². The molecule has 0 saturated heterocycles. The Balaban J connectivity index is 0.00000300. The first kappa shape index (κ1) is 52.2. The molecule has 0 saturated carbocycles. The number of hydrogen-bond acceptors (Lipinski definition) is 0. The van der Waals surface area contributed by atoms with Crippen LogP contribution in [0.3, 0.4) is 0 Å². The van der Waals surface area contributed by atoms with Gasteiger partial charge in [-0.15, -0.1) is 0 Å². The van der Waals surface area contributed by atoms with E-state index >= 15 is 0 Å². The summed E-state index contributed by atoms with van der Waals surface area (Å²) >= 11 is -0.106. The molecule has 4 rings (SSSR count). The summed E-state index contributed by atoms with van der Waals surface area (Å²) in [6, 6.07) is 39.3. The average Bonchev–Trinajstić information content (AvgIpc) is 3.27. The van der Waals surface area contributed by atoms with Crippen LogP contribution in [0.25, 0.3) is 0 Å². The number of quaternary nitrogens is 4. The molecule has 0 heterocycles. The molecule has 0 radical (unpaired) electrons. The molecular weight excluding hydrogens is 896 g/mol. The molecule has 0 spiro atoms. The molecule has 4 aromatic rings. The van der Waals surface area contributed by atoms with E-state index in [0.717, 1.165) is 96.5 Å². The predicted molar refractivity (Wildman–Crippen MR) is 263 cm³/mol. The number of nitrogens with zero attached hydrogens (tertiary/aromatic N) is 4. The van der Waals surface area contributed by atoms with E-state index in [4.69, 9.17) is 19.1 Å². The van der Waals surface area contributed by atoms with Crippen molar-refractivity contribution in [1.29, 1.82) is 0 Å². The standard InChI is InChI=1S/C50H80N4P2.2ClH.Pd/c1-13-51(9,14-2)39-43-21-29-47(30-22-43)55(48-31-23-44(24-32-48)40-52(10,15-3)16-4)37-38-56(49-33-25-45(26-34-49)41-53(11,17-5)18-6)50-35-27-46(28-36-50)42-54(12,19-7)20-8;;;/h21-36H,13-20,37-42H2,1-12H3;2*1H;/q+4;;;+2/p-2. The van der Waals surface area contributed by atoms with Crippen molar-refractivity contribution in [3.05, 3.63) is 119 Å². The summed E-state index contributed by atoms with van der Waals surface area (Å²) < 4.78 is 4.31. The zero-order valence-corrected chi connectivity index (χ0v) is 43.7. The Morgan fingerprint density at radius 1 is 0.339 bits per heavy atom. The van der Waals surface area contributed by atoms with Gasteiger partial charge in [0.2, 0.25) is 0 Å². The summed E-state index contributed by atoms with van der Waals surface area (Å²) in [5.41, 5.74) is 5.80. The molecule has 0 unspecified atom stereocenters. The molecule has 0 amide bonds. The van der Waals surface area contributed by atoms with Gasteiger partial charge in [0.05, 0.1) is 80.5 Å². The Bertz CT molecular complexity index is 1500. The molecule has 0 fully saturated rings. The summed E-state index contributed by atoms with van der Waals surface area (Å²) in [4.78, 5) is 0. The number of halogens is 2. The van der Waals surface area contributed by atoms with E-state index in [-0.39, 0.29) is 15.9 Å². The van der Waals surface area contributed by atoms with Gasteiger partial charge in [-0.3, -0.25) is 0 Å². The van der Waals surface area contributed by atoms with Crippen LogP contribution < -0.4 is 21.2 Å². The van der Waals surface area contributed by atoms with Crippen LogP contribution in [0.15, 0.2) is 97.1 Å². The van der Waals surface area contributed by atoms with Crippen LogP contribution in [0.4, 0.5) is 0 Å². The molecule has 0 aromatic heterocycles. The van der Waals surface area contributed by atoms with Gasteiger partial charge in [0.25, 0.3) is 0 Å². The topological polar surface area (TPSA) is 0 Å². The molecule has 4 nitrogen and oxygen atoms in total. The van der Waals surface area contributed by atoms with Crippen LogP contribution in [0.2, 0.25) is 0 Å². The first-order chi connectivity index (χ1) is 28.1. The van der Waals surface area contributed by atoms with Crippen molar-refractivity contribution in [2.75, 3.05) is 92.9 Å². The van der Waals surface area contributed by atoms with E-state index in [1.807, 2.05) is 0 Å². The quantitative estimate of drug-likeness (QED) is 0.0395. The Morgan fingerprint density at radius 3 is 0.627 bits per heavy atom. The van der Waals surface area contributed by atoms with Crippen molar-refractivity contribution in [3.8, 4) is 0 Å². The third-order valence-electron chi connectivity index (χ3n) is 13.9. The molecule has 9 heteroatoms. The van der Waals surface area contributed by atoms with Gasteiger partial charge in [-0.1, -0.05) is 97.1 Å². The SMILES string of the molecule is CC[N+](C)(CC)Cc1ccc(P(CCP(c2ccc(C[N+](C)(CC)CC)cc2)c2ccc(C[N+](C)(CC)CC)cc2)c2ccc(C[N+](C)(CC)CC)cc2)cc1.[Cl][Pd][Cl]. The third kappa shape index (κ3) is 15.8. The second kappa shape index (κ2) is 25.2. The van der Waals surface area contributed by atoms with Crippen molar-refractivity contribution < 1.29 is 33.9 Å². The Kier molecular flexibility index (Phi) is 22.3. The summed E-state index contributed by atoms with van der Waals surface area (Å²) in [6.07, 6.45) is 2.36. The van der Waals surface area contributed by atoms with Gasteiger partial charge in [0.15, 0.2) is 0 Å². The first-order valence-corrected chi connectivity index (χ1v) is 29.3. The van der Waals surface area contributed by atoms with Crippen LogP contribution in [-0.2, 0) is 42.1 Å². The minimum atomic E-state index is -0.527. The normalized spacial score (nSPS) is 12.6. The van der Waals surface area contributed by atoms with Gasteiger partial charge < -0.3 is 17.9 Å². The van der Waals surface area contributed by atoms with Gasteiger partial charge >= 0.3 is 35.0 Å². The molecule has 0 aliphatic carbocycles. The summed E-state index contributed by atoms with van der Waals surface area (Å²) in [6.45, 7) is 32.2. The second-order valence-electron chi connectivity index (χ2n) is 17.7. The minimum absolute atomic E-state index is 0.106. The van der Waals surface area contributed by atoms with Crippen molar-refractivity contribution in [1.82, 2.24) is 0 Å². The summed E-state index contributed by atoms with van der Waals surface area (Å²) in [5.74, 6) is 0. The molecule has 330 valence electrons. The fourth-order valence-corrected chi connectivity index (χ4v) is 13.0. The summed E-state index contributed by atoms with van der Waals surface area (Å²) in [5, 5.41) is 6.04. The Hall–Kier alpha value is -1.18. The zero-order valence-electron chi connectivity index (χ0n) is 38.9. The number of benzene rings is 4. The molecule has 4 aromatic carbocycles. The van der Waals surface area contributed by atoms with E-state index < -0.39 is 15.8 Å². The van der Waals surface area contributed by atoms with Crippen molar-refractivity contribution in [3.63, 3.8) is 0 Å². The van der Waals surface area contributed by atoms with Crippen molar-refractivity contribution in [2.45, 2.75) is 81.6 Å². The van der Waals surface area contributed by atoms with Gasteiger partial charge in [-0.05, 0) is 105 Å². The summed E-state index contributed by atoms with van der Waals surface area (Å²) in [7, 11) is 18.1. The number of hydrogen-bond donors (Lipinski definition) is 0. The van der Waals surface area contributed by atoms with Gasteiger partial charge in [0.1, 0.15) is 26.2 Å². The van der Waals surface area contributed by atoms with Crippen LogP contribution in [-0.4, -0.2) is 111 Å². The molecule has 0 atom stereocenters. The predicted octanol–water partition coefficient (Wildman–Crippen LogP) is 10.6. The van der Waals surface area contributed by atoms with E-state index in [9.17, 15) is 0 Å². The van der Waals surface area contributed by atoms with E-state index in [2.05, 4.69) is 181 Å². The molecule has 0 N–H and O–H groups in total. The number of rotatable bonds is 23. The van der Waals surface area contributed by atoms with Crippen molar-refractivity contribution in [2.24, 2.45) is 0 Å². The fourth-order valence-electron chi connectivity index (χ4n) is 7.69. The Morgan fingerprint density at radius 2 is 0.492 bits per heavy atom. The monoisotopic (exact) mass is 974 g/mol. The van der Waals surface area contributed by atoms with Crippen LogP contribution in [0.1, 0.15) is 77.6 Å². The second-order valence-corrected chi connectivity index (χ2v) is 24.7. The van der Waals surface area contributed by atoms with Crippen LogP contribution in [0, 0.1) is 0 Å². The maximum atomic E-state index is 4.81. The van der Waals surface area contributed by atoms with Gasteiger partial charge in [-0.25, -0.2) is 0 Å². The van der Waals surface area contributed by atoms with Gasteiger partial charge in [-0.2, -0.15) is 0 Å².